The molecule has 1 atom stereocenters. The molecule has 12 heteroatoms. The van der Waals surface area contributed by atoms with Crippen molar-refractivity contribution in [3.8, 4) is 0 Å². The van der Waals surface area contributed by atoms with Gasteiger partial charge in [0.05, 0.1) is 43.4 Å². The summed E-state index contributed by atoms with van der Waals surface area (Å²) in [5.74, 6) is -2.47. The molecule has 1 unspecified atom stereocenters. The standard InChI is InChI=1S/C24H28F2N8O2/c25-24(26)7-15(8-24)5-21(35)31-22(16-3-4-16)17-6-20-30-18(13-33(20)28-9-17)10-27-23(36)19-11-29-34(32-19)12-14-1-2-14/h6,9,11,13-16,22H,1-5,7-8,10,12H2,(H,27,36)(H,31,35). The van der Waals surface area contributed by atoms with Gasteiger partial charge in [0.2, 0.25) is 11.8 Å². The summed E-state index contributed by atoms with van der Waals surface area (Å²) in [5, 5.41) is 18.7. The molecule has 3 aromatic heterocycles. The normalized spacial score (nSPS) is 20.2. The number of nitrogens with one attached hydrogen (secondary N) is 2. The Bertz CT molecular complexity index is 1290. The van der Waals surface area contributed by atoms with Gasteiger partial charge in [0.25, 0.3) is 5.91 Å². The first-order valence-electron chi connectivity index (χ1n) is 12.5. The summed E-state index contributed by atoms with van der Waals surface area (Å²) in [7, 11) is 0. The minimum Gasteiger partial charge on any atom is -0.349 e. The molecule has 2 N–H and O–H groups in total. The van der Waals surface area contributed by atoms with Gasteiger partial charge in [-0.05, 0) is 55.1 Å². The second kappa shape index (κ2) is 8.90. The van der Waals surface area contributed by atoms with E-state index in [9.17, 15) is 18.4 Å². The maximum absolute atomic E-state index is 13.1. The monoisotopic (exact) mass is 498 g/mol. The number of halogens is 2. The van der Waals surface area contributed by atoms with Gasteiger partial charge in [0.15, 0.2) is 11.3 Å². The van der Waals surface area contributed by atoms with Gasteiger partial charge >= 0.3 is 0 Å². The van der Waals surface area contributed by atoms with E-state index in [1.54, 1.807) is 21.7 Å². The van der Waals surface area contributed by atoms with Crippen LogP contribution < -0.4 is 10.6 Å². The van der Waals surface area contributed by atoms with E-state index >= 15 is 0 Å². The fourth-order valence-electron chi connectivity index (χ4n) is 4.80. The van der Waals surface area contributed by atoms with Gasteiger partial charge in [-0.2, -0.15) is 15.0 Å². The summed E-state index contributed by atoms with van der Waals surface area (Å²) in [6.45, 7) is 0.953. The van der Waals surface area contributed by atoms with Crippen LogP contribution in [0.4, 0.5) is 8.78 Å². The van der Waals surface area contributed by atoms with Crippen molar-refractivity contribution >= 4 is 17.5 Å². The van der Waals surface area contributed by atoms with E-state index in [0.29, 0.717) is 23.2 Å². The molecule has 6 rings (SSSR count). The summed E-state index contributed by atoms with van der Waals surface area (Å²) in [4.78, 5) is 31.1. The van der Waals surface area contributed by atoms with Crippen molar-refractivity contribution in [2.45, 2.75) is 70.0 Å². The smallest absolute Gasteiger partial charge is 0.273 e. The van der Waals surface area contributed by atoms with Gasteiger partial charge in [-0.1, -0.05) is 0 Å². The van der Waals surface area contributed by atoms with Crippen molar-refractivity contribution in [3.63, 3.8) is 0 Å². The van der Waals surface area contributed by atoms with E-state index in [0.717, 1.165) is 24.9 Å². The van der Waals surface area contributed by atoms with E-state index < -0.39 is 5.92 Å². The minimum absolute atomic E-state index is 0.121. The highest BCUT2D eigenvalue weighted by Gasteiger charge is 2.46. The lowest BCUT2D eigenvalue weighted by Crippen LogP contribution is -2.39. The minimum atomic E-state index is -2.62. The zero-order valence-electron chi connectivity index (χ0n) is 19.7. The molecule has 0 aliphatic heterocycles. The summed E-state index contributed by atoms with van der Waals surface area (Å²) >= 11 is 0. The molecule has 3 fully saturated rings. The largest absolute Gasteiger partial charge is 0.349 e. The Morgan fingerprint density at radius 1 is 1.11 bits per heavy atom. The predicted octanol–water partition coefficient (Wildman–Crippen LogP) is 2.66. The van der Waals surface area contributed by atoms with Gasteiger partial charge in [-0.3, -0.25) is 9.59 Å². The Balaban J connectivity index is 1.08. The van der Waals surface area contributed by atoms with Crippen LogP contribution in [0.15, 0.2) is 24.7 Å². The van der Waals surface area contributed by atoms with Crippen LogP contribution in [0.1, 0.15) is 72.7 Å². The van der Waals surface area contributed by atoms with Crippen molar-refractivity contribution in [2.24, 2.45) is 17.8 Å². The Kier molecular flexibility index (Phi) is 5.68. The highest BCUT2D eigenvalue weighted by Crippen LogP contribution is 2.45. The number of nitrogens with zero attached hydrogens (tertiary/aromatic N) is 6. The fourth-order valence-corrected chi connectivity index (χ4v) is 4.80. The number of rotatable bonds is 10. The number of amides is 2. The number of aromatic nitrogens is 6. The summed E-state index contributed by atoms with van der Waals surface area (Å²) in [6.07, 6.45) is 8.96. The van der Waals surface area contributed by atoms with Crippen LogP contribution in [-0.2, 0) is 17.9 Å². The molecule has 3 aliphatic rings. The van der Waals surface area contributed by atoms with Crippen molar-refractivity contribution in [2.75, 3.05) is 0 Å². The molecular formula is C24H28F2N8O2. The maximum atomic E-state index is 13.1. The number of carbonyl (C=O) groups excluding carboxylic acids is 2. The third kappa shape index (κ3) is 5.21. The highest BCUT2D eigenvalue weighted by molar-refractivity contribution is 5.91. The number of fused-ring (bicyclic) bond motifs is 1. The molecule has 0 aromatic carbocycles. The van der Waals surface area contributed by atoms with Crippen molar-refractivity contribution in [1.29, 1.82) is 0 Å². The molecule has 0 saturated heterocycles. The van der Waals surface area contributed by atoms with Crippen molar-refractivity contribution < 1.29 is 18.4 Å². The number of carbonyl (C=O) groups is 2. The molecule has 3 aromatic rings. The number of imidazole rings is 1. The average molecular weight is 499 g/mol. The molecule has 190 valence electrons. The molecule has 0 spiro atoms. The fraction of sp³-hybridized carbons (Fsp3) is 0.583. The van der Waals surface area contributed by atoms with Crippen molar-refractivity contribution in [3.05, 3.63) is 41.6 Å². The molecule has 36 heavy (non-hydrogen) atoms. The predicted molar refractivity (Wildman–Crippen MR) is 123 cm³/mol. The van der Waals surface area contributed by atoms with Gasteiger partial charge in [0, 0.05) is 19.3 Å². The zero-order valence-corrected chi connectivity index (χ0v) is 19.7. The average Bonchev–Trinajstić information content (AvgIpc) is 3.73. The molecule has 3 saturated carbocycles. The Hall–Kier alpha value is -3.44. The van der Waals surface area contributed by atoms with Crippen LogP contribution in [-0.4, -0.2) is 47.3 Å². The van der Waals surface area contributed by atoms with Crippen LogP contribution in [0.2, 0.25) is 0 Å². The third-order valence-corrected chi connectivity index (χ3v) is 7.13. The molecule has 3 heterocycles. The number of alkyl halides is 2. The number of hydrogen-bond acceptors (Lipinski definition) is 6. The summed E-state index contributed by atoms with van der Waals surface area (Å²) in [6, 6.07) is 1.66. The molecule has 3 aliphatic carbocycles. The zero-order chi connectivity index (χ0) is 24.9. The van der Waals surface area contributed by atoms with Crippen LogP contribution in [0.5, 0.6) is 0 Å². The lowest BCUT2D eigenvalue weighted by Gasteiger charge is -2.34. The first-order valence-corrected chi connectivity index (χ1v) is 12.5. The van der Waals surface area contributed by atoms with Crippen LogP contribution in [0.25, 0.3) is 5.65 Å². The third-order valence-electron chi connectivity index (χ3n) is 7.13. The second-order valence-corrected chi connectivity index (χ2v) is 10.5. The van der Waals surface area contributed by atoms with E-state index in [-0.39, 0.29) is 55.3 Å². The quantitative estimate of drug-likeness (QED) is 0.444. The Morgan fingerprint density at radius 2 is 1.92 bits per heavy atom. The van der Waals surface area contributed by atoms with Gasteiger partial charge in [-0.15, -0.1) is 5.10 Å². The first-order chi connectivity index (χ1) is 17.3. The molecule has 10 nitrogen and oxygen atoms in total. The summed E-state index contributed by atoms with van der Waals surface area (Å²) in [5.41, 5.74) is 2.35. The Labute approximate surface area is 205 Å². The van der Waals surface area contributed by atoms with E-state index in [4.69, 9.17) is 0 Å². The van der Waals surface area contributed by atoms with Crippen molar-refractivity contribution in [1.82, 2.24) is 40.2 Å². The van der Waals surface area contributed by atoms with Gasteiger partial charge in [-0.25, -0.2) is 18.3 Å². The molecular weight excluding hydrogens is 470 g/mol. The molecule has 0 bridgehead atoms. The van der Waals surface area contributed by atoms with Crippen LogP contribution >= 0.6 is 0 Å². The van der Waals surface area contributed by atoms with Gasteiger partial charge < -0.3 is 10.6 Å². The lowest BCUT2D eigenvalue weighted by molar-refractivity contribution is -0.134. The molecule has 0 radical (unpaired) electrons. The topological polar surface area (TPSA) is 119 Å². The van der Waals surface area contributed by atoms with Gasteiger partial charge in [0.1, 0.15) is 0 Å². The molecule has 2 amide bonds. The Morgan fingerprint density at radius 3 is 2.64 bits per heavy atom. The van der Waals surface area contributed by atoms with Crippen LogP contribution in [0, 0.1) is 17.8 Å². The maximum Gasteiger partial charge on any atom is 0.273 e. The summed E-state index contributed by atoms with van der Waals surface area (Å²) < 4.78 is 27.8. The van der Waals surface area contributed by atoms with Crippen LogP contribution in [0.3, 0.4) is 0 Å². The highest BCUT2D eigenvalue weighted by atomic mass is 19.3. The lowest BCUT2D eigenvalue weighted by atomic mass is 9.79. The van der Waals surface area contributed by atoms with E-state index in [2.05, 4.69) is 30.9 Å². The van der Waals surface area contributed by atoms with E-state index in [1.165, 1.54) is 19.0 Å². The SMILES string of the molecule is O=C(CC1CC(F)(F)C1)NC(c1cnn2cc(CNC(=O)c3cnn(CC4CC4)n3)nc2c1)C1CC1. The first kappa shape index (κ1) is 23.0. The number of hydrogen-bond donors (Lipinski definition) is 2. The second-order valence-electron chi connectivity index (χ2n) is 10.5. The van der Waals surface area contributed by atoms with E-state index in [1.807, 2.05) is 6.07 Å².